The first-order valence-corrected chi connectivity index (χ1v) is 26.9. The van der Waals surface area contributed by atoms with Gasteiger partial charge in [0.05, 0.1) is 31.6 Å². The van der Waals surface area contributed by atoms with Crippen molar-refractivity contribution in [2.45, 2.75) is 99.7 Å². The summed E-state index contributed by atoms with van der Waals surface area (Å²) in [6, 6.07) is 12.5. The zero-order chi connectivity index (χ0) is 62.9. The molecule has 0 unspecified atom stereocenters. The van der Waals surface area contributed by atoms with Gasteiger partial charge in [-0.3, -0.25) is 52.9 Å². The van der Waals surface area contributed by atoms with Crippen molar-refractivity contribution in [2.24, 2.45) is 33.7 Å². The number of phenols is 1. The Morgan fingerprint density at radius 1 is 0.476 bits per heavy atom. The van der Waals surface area contributed by atoms with E-state index in [-0.39, 0.29) is 61.9 Å². The van der Waals surface area contributed by atoms with E-state index < -0.39 is 152 Å². The fraction of sp³-hybridized carbons (Fsp3) is 0.404. The molecule has 8 atom stereocenters. The third-order valence-electron chi connectivity index (χ3n) is 11.7. The van der Waals surface area contributed by atoms with Crippen LogP contribution in [-0.4, -0.2) is 177 Å². The molecule has 0 fully saturated rings. The molecule has 32 heteroatoms. The minimum Gasteiger partial charge on any atom is -0.508 e. The number of guanidine groups is 1. The molecule has 84 heavy (non-hydrogen) atoms. The maximum Gasteiger partial charge on any atom is 0.326 e. The van der Waals surface area contributed by atoms with Crippen LogP contribution >= 0.6 is 25.3 Å². The Kier molecular flexibility index (Phi) is 32.1. The van der Waals surface area contributed by atoms with Crippen molar-refractivity contribution in [3.8, 4) is 5.75 Å². The SMILES string of the molecule is NC(=O)C[C@H](NC(=O)[C@@H](N)CS)C(=O)O.NC(N)=NCCC[C@H](NC(=O)[C@H](CCC(=O)O)NC(=O)CNC(=O)[C@@H](N)CS)C(=O)NCC(=O)N[C@@H](Cc1ccccc1)C(=O)N[C@@H](Cc1ccccc1)C(=O)N[C@@H](Cc1ccc(O)cc1)C(=O)O. The lowest BCUT2D eigenvalue weighted by Gasteiger charge is -2.25. The fourth-order valence-electron chi connectivity index (χ4n) is 7.24. The molecule has 0 aromatic heterocycles. The van der Waals surface area contributed by atoms with Crippen LogP contribution in [0.15, 0.2) is 89.9 Å². The first kappa shape index (κ1) is 71.1. The topological polar surface area (TPSA) is 524 Å². The van der Waals surface area contributed by atoms with E-state index >= 15 is 0 Å². The van der Waals surface area contributed by atoms with Gasteiger partial charge in [0.25, 0.3) is 0 Å². The lowest BCUT2D eigenvalue weighted by Crippen LogP contribution is -2.58. The van der Waals surface area contributed by atoms with Crippen LogP contribution in [0.25, 0.3) is 0 Å². The number of hydrogen-bond donors (Lipinski definition) is 19. The number of carbonyl (C=O) groups is 12. The molecule has 0 bridgehead atoms. The summed E-state index contributed by atoms with van der Waals surface area (Å²) in [4.78, 5) is 153. The largest absolute Gasteiger partial charge is 0.508 e. The Morgan fingerprint density at radius 3 is 1.36 bits per heavy atom. The number of aromatic hydroxyl groups is 1. The Morgan fingerprint density at radius 2 is 0.881 bits per heavy atom. The number of hydrogen-bond acceptors (Lipinski definition) is 18. The lowest BCUT2D eigenvalue weighted by atomic mass is 10.0. The zero-order valence-electron chi connectivity index (χ0n) is 45.3. The Balaban J connectivity index is 0.00000140. The predicted molar refractivity (Wildman–Crippen MR) is 309 cm³/mol. The molecular weight excluding hydrogens is 1140 g/mol. The molecule has 22 N–H and O–H groups in total. The molecule has 30 nitrogen and oxygen atoms in total. The van der Waals surface area contributed by atoms with Gasteiger partial charge >= 0.3 is 17.9 Å². The van der Waals surface area contributed by atoms with Gasteiger partial charge in [0.15, 0.2) is 5.96 Å². The number of rotatable bonds is 35. The van der Waals surface area contributed by atoms with Gasteiger partial charge in [0.1, 0.15) is 42.0 Å². The number of primary amides is 1. The summed E-state index contributed by atoms with van der Waals surface area (Å²) < 4.78 is 0. The molecule has 0 radical (unpaired) electrons. The minimum absolute atomic E-state index is 0.0186. The molecule has 0 saturated carbocycles. The number of thiol groups is 2. The van der Waals surface area contributed by atoms with Gasteiger partial charge in [-0.1, -0.05) is 72.8 Å². The van der Waals surface area contributed by atoms with E-state index in [9.17, 15) is 72.9 Å². The molecule has 0 aliphatic heterocycles. The Labute approximate surface area is 492 Å². The molecule has 9 amide bonds. The number of phenolic OH excluding ortho intramolecular Hbond substituents is 1. The first-order chi connectivity index (χ1) is 39.7. The maximum absolute atomic E-state index is 14.1. The molecule has 0 aliphatic carbocycles. The third kappa shape index (κ3) is 28.6. The summed E-state index contributed by atoms with van der Waals surface area (Å²) >= 11 is 7.70. The standard InChI is InChI=1S/C45H59N11O12S.C7H13N3O4S/c46-30(25-69)39(62)50-23-36(58)52-32(17-18-38(60)61)41(64)54-31(12-7-19-49-45(47)48)40(63)51-24-37(59)53-33(20-26-8-3-1-4-9-26)42(65)55-34(21-27-10-5-2-6-11-27)43(66)56-35(44(67)68)22-28-13-15-29(57)16-14-28;8-3(2-15)6(12)10-4(7(13)14)1-5(9)11/h1-6,8-11,13-16,30-35,57,69H,7,12,17-25,46H2,(H,50,62)(H,51,63)(H,52,58)(H,53,59)(H,54,64)(H,55,65)(H,56,66)(H,60,61)(H,67,68)(H4,47,48,49);3-4,15H,1-2,8H2,(H2,9,11)(H,10,12)(H,13,14)/t30-,31-,32-,33-,34-,35-;3-,4-/m00/s1. The number of carbonyl (C=O) groups excluding carboxylic acids is 9. The molecule has 0 aliphatic rings. The number of aliphatic imine (C=N–C) groups is 1. The number of nitrogens with zero attached hydrogens (tertiary/aromatic N) is 1. The van der Waals surface area contributed by atoms with Crippen molar-refractivity contribution < 1.29 is 78.0 Å². The summed E-state index contributed by atoms with van der Waals surface area (Å²) in [6.07, 6.45) is -1.78. The summed E-state index contributed by atoms with van der Waals surface area (Å²) in [7, 11) is 0. The average Bonchev–Trinajstić information content (AvgIpc) is 3.49. The van der Waals surface area contributed by atoms with Crippen LogP contribution in [0.5, 0.6) is 5.75 Å². The number of carboxylic acid groups (broad SMARTS) is 3. The van der Waals surface area contributed by atoms with E-state index in [0.29, 0.717) is 16.7 Å². The monoisotopic (exact) mass is 1210 g/mol. The van der Waals surface area contributed by atoms with Crippen molar-refractivity contribution in [1.29, 1.82) is 0 Å². The number of benzene rings is 3. The van der Waals surface area contributed by atoms with E-state index in [0.717, 1.165) is 0 Å². The van der Waals surface area contributed by atoms with Crippen LogP contribution in [0.4, 0.5) is 0 Å². The van der Waals surface area contributed by atoms with Gasteiger partial charge in [-0.05, 0) is 48.1 Å². The van der Waals surface area contributed by atoms with Gasteiger partial charge in [0.2, 0.25) is 53.2 Å². The van der Waals surface area contributed by atoms with Gasteiger partial charge in [-0.25, -0.2) is 9.59 Å². The van der Waals surface area contributed by atoms with Gasteiger partial charge in [0, 0.05) is 43.7 Å². The molecule has 3 rings (SSSR count). The fourth-order valence-corrected chi connectivity index (χ4v) is 7.57. The smallest absolute Gasteiger partial charge is 0.326 e. The normalized spacial score (nSPS) is 13.4. The van der Waals surface area contributed by atoms with E-state index in [1.54, 1.807) is 60.7 Å². The van der Waals surface area contributed by atoms with Crippen LogP contribution in [0.1, 0.15) is 48.8 Å². The molecule has 0 spiro atoms. The molecule has 0 saturated heterocycles. The van der Waals surface area contributed by atoms with Crippen molar-refractivity contribution in [2.75, 3.05) is 31.1 Å². The second kappa shape index (κ2) is 37.9. The van der Waals surface area contributed by atoms with Gasteiger partial charge < -0.3 is 91.6 Å². The highest BCUT2D eigenvalue weighted by Gasteiger charge is 2.32. The van der Waals surface area contributed by atoms with Crippen LogP contribution in [0, 0.1) is 0 Å². The highest BCUT2D eigenvalue weighted by atomic mass is 32.1. The quantitative estimate of drug-likeness (QED) is 0.0113. The van der Waals surface area contributed by atoms with Crippen LogP contribution in [0.2, 0.25) is 0 Å². The summed E-state index contributed by atoms with van der Waals surface area (Å²) in [5.74, 6) is -11.7. The van der Waals surface area contributed by atoms with Gasteiger partial charge in [-0.2, -0.15) is 25.3 Å². The molecule has 0 heterocycles. The van der Waals surface area contributed by atoms with Crippen LogP contribution in [-0.2, 0) is 76.8 Å². The molecular formula is C52H72N14O16S2. The number of aliphatic carboxylic acids is 3. The number of nitrogens with one attached hydrogen (secondary N) is 8. The maximum atomic E-state index is 14.1. The molecule has 3 aromatic rings. The van der Waals surface area contributed by atoms with Crippen molar-refractivity contribution in [1.82, 2.24) is 42.5 Å². The zero-order valence-corrected chi connectivity index (χ0v) is 47.1. The first-order valence-electron chi connectivity index (χ1n) is 25.7. The second-order valence-electron chi connectivity index (χ2n) is 18.5. The highest BCUT2D eigenvalue weighted by Crippen LogP contribution is 2.13. The van der Waals surface area contributed by atoms with Crippen LogP contribution < -0.4 is 71.2 Å². The third-order valence-corrected chi connectivity index (χ3v) is 12.4. The van der Waals surface area contributed by atoms with Crippen molar-refractivity contribution >= 4 is 102 Å². The summed E-state index contributed by atoms with van der Waals surface area (Å²) in [5.41, 5.74) is 28.3. The second-order valence-corrected chi connectivity index (χ2v) is 19.2. The number of nitrogens with two attached hydrogens (primary N) is 5. The number of amides is 9. The predicted octanol–water partition coefficient (Wildman–Crippen LogP) is -4.98. The number of carboxylic acids is 3. The van der Waals surface area contributed by atoms with Crippen LogP contribution in [0.3, 0.4) is 0 Å². The van der Waals surface area contributed by atoms with Crippen molar-refractivity contribution in [3.05, 3.63) is 102 Å². The summed E-state index contributed by atoms with van der Waals surface area (Å²) in [5, 5.41) is 56.9. The lowest BCUT2D eigenvalue weighted by molar-refractivity contribution is -0.143. The van der Waals surface area contributed by atoms with E-state index in [1.807, 2.05) is 0 Å². The molecule has 458 valence electrons. The Bertz CT molecular complexity index is 2750. The average molecular weight is 1210 g/mol. The summed E-state index contributed by atoms with van der Waals surface area (Å²) in [6.45, 7) is -1.34. The minimum atomic E-state index is -1.50. The van der Waals surface area contributed by atoms with E-state index in [2.05, 4.69) is 72.8 Å². The van der Waals surface area contributed by atoms with E-state index in [4.69, 9.17) is 33.8 Å². The van der Waals surface area contributed by atoms with Gasteiger partial charge in [-0.15, -0.1) is 0 Å². The van der Waals surface area contributed by atoms with Crippen molar-refractivity contribution in [3.63, 3.8) is 0 Å². The molecule has 3 aromatic carbocycles. The Hall–Kier alpha value is -9.01. The van der Waals surface area contributed by atoms with E-state index in [1.165, 1.54) is 24.3 Å². The highest BCUT2D eigenvalue weighted by molar-refractivity contribution is 7.80.